The average Bonchev–Trinajstić information content (AvgIpc) is 3.16. The summed E-state index contributed by atoms with van der Waals surface area (Å²) in [4.78, 5) is 56.5. The number of rotatable bonds is 5. The summed E-state index contributed by atoms with van der Waals surface area (Å²) >= 11 is 0. The van der Waals surface area contributed by atoms with Crippen molar-refractivity contribution in [1.29, 1.82) is 0 Å². The molecule has 4 rings (SSSR count). The fourth-order valence-electron chi connectivity index (χ4n) is 4.77. The molecule has 1 aromatic rings. The highest BCUT2D eigenvalue weighted by Crippen LogP contribution is 2.41. The first kappa shape index (κ1) is 25.3. The van der Waals surface area contributed by atoms with Crippen LogP contribution in [-0.4, -0.2) is 89.2 Å². The highest BCUT2D eigenvalue weighted by atomic mass is 19.4. The van der Waals surface area contributed by atoms with Gasteiger partial charge in [-0.25, -0.2) is 4.79 Å². The van der Waals surface area contributed by atoms with E-state index in [1.54, 1.807) is 9.80 Å². The predicted molar refractivity (Wildman–Crippen MR) is 122 cm³/mol. The number of benzene rings is 1. The standard InChI is InChI=1S/C24H26F3N5O4/c1-3-8-32-18-13-31(14-19(34)30-11-9-29(10-12-30)15(2)33)22(35)20(18)21(28-23(32)36)16-6-4-5-7-17(16)24(25,26)27/h3-7,21H,1,8-14H2,2H3,(H,28,36)/t21-/m1/s1. The molecule has 0 spiro atoms. The number of urea groups is 1. The van der Waals surface area contributed by atoms with Crippen molar-refractivity contribution in [2.75, 3.05) is 45.8 Å². The maximum absolute atomic E-state index is 13.7. The second kappa shape index (κ2) is 9.67. The summed E-state index contributed by atoms with van der Waals surface area (Å²) in [5, 5.41) is 2.54. The SMILES string of the molecule is C=CCN1C(=O)N[C@H](c2ccccc2C(F)(F)F)C2=C1CN(CC(=O)N1CCN(C(C)=O)CC1)C2=O. The third kappa shape index (κ3) is 4.67. The van der Waals surface area contributed by atoms with Crippen molar-refractivity contribution in [1.82, 2.24) is 24.9 Å². The molecule has 5 amide bonds. The van der Waals surface area contributed by atoms with Gasteiger partial charge < -0.3 is 20.0 Å². The predicted octanol–water partition coefficient (Wildman–Crippen LogP) is 1.74. The Morgan fingerprint density at radius 1 is 1.11 bits per heavy atom. The van der Waals surface area contributed by atoms with Crippen LogP contribution in [0.3, 0.4) is 0 Å². The van der Waals surface area contributed by atoms with Gasteiger partial charge in [-0.1, -0.05) is 24.3 Å². The van der Waals surface area contributed by atoms with Crippen LogP contribution in [-0.2, 0) is 20.6 Å². The molecule has 0 bridgehead atoms. The molecule has 3 heterocycles. The Morgan fingerprint density at radius 2 is 1.75 bits per heavy atom. The van der Waals surface area contributed by atoms with E-state index in [1.165, 1.54) is 41.0 Å². The molecule has 3 aliphatic rings. The van der Waals surface area contributed by atoms with Crippen molar-refractivity contribution in [3.8, 4) is 0 Å². The zero-order valence-electron chi connectivity index (χ0n) is 19.7. The second-order valence-electron chi connectivity index (χ2n) is 8.78. The van der Waals surface area contributed by atoms with Crippen LogP contribution >= 0.6 is 0 Å². The van der Waals surface area contributed by atoms with E-state index in [4.69, 9.17) is 0 Å². The van der Waals surface area contributed by atoms with Crippen molar-refractivity contribution in [2.45, 2.75) is 19.1 Å². The number of carbonyl (C=O) groups is 4. The van der Waals surface area contributed by atoms with E-state index in [-0.39, 0.29) is 48.3 Å². The van der Waals surface area contributed by atoms with Crippen LogP contribution in [0.4, 0.5) is 18.0 Å². The number of carbonyl (C=O) groups excluding carboxylic acids is 4. The first-order chi connectivity index (χ1) is 17.0. The summed E-state index contributed by atoms with van der Waals surface area (Å²) in [6, 6.07) is 2.81. The number of nitrogens with one attached hydrogen (secondary N) is 1. The van der Waals surface area contributed by atoms with Gasteiger partial charge in [0.2, 0.25) is 11.8 Å². The van der Waals surface area contributed by atoms with Gasteiger partial charge in [0.25, 0.3) is 5.91 Å². The van der Waals surface area contributed by atoms with Gasteiger partial charge in [0.1, 0.15) is 6.54 Å². The van der Waals surface area contributed by atoms with Crippen molar-refractivity contribution >= 4 is 23.8 Å². The fraction of sp³-hybridized carbons (Fsp3) is 0.417. The quantitative estimate of drug-likeness (QED) is 0.618. The van der Waals surface area contributed by atoms with Crippen LogP contribution in [0.1, 0.15) is 24.1 Å². The van der Waals surface area contributed by atoms with Gasteiger partial charge in [0.05, 0.1) is 29.4 Å². The Kier molecular flexibility index (Phi) is 6.79. The minimum atomic E-state index is -4.69. The molecule has 12 heteroatoms. The minimum absolute atomic E-state index is 0.00217. The van der Waals surface area contributed by atoms with E-state index in [1.807, 2.05) is 0 Å². The molecule has 192 valence electrons. The van der Waals surface area contributed by atoms with Gasteiger partial charge in [-0.05, 0) is 11.6 Å². The third-order valence-electron chi connectivity index (χ3n) is 6.59. The van der Waals surface area contributed by atoms with Crippen LogP contribution in [0, 0.1) is 0 Å². The Labute approximate surface area is 205 Å². The van der Waals surface area contributed by atoms with Crippen LogP contribution in [0.2, 0.25) is 0 Å². The monoisotopic (exact) mass is 505 g/mol. The molecule has 3 aliphatic heterocycles. The van der Waals surface area contributed by atoms with E-state index in [0.717, 1.165) is 6.07 Å². The highest BCUT2D eigenvalue weighted by Gasteiger charge is 2.46. The van der Waals surface area contributed by atoms with E-state index >= 15 is 0 Å². The topological polar surface area (TPSA) is 93.3 Å². The van der Waals surface area contributed by atoms with Gasteiger partial charge in [-0.15, -0.1) is 6.58 Å². The van der Waals surface area contributed by atoms with Gasteiger partial charge in [-0.3, -0.25) is 19.3 Å². The van der Waals surface area contributed by atoms with Crippen molar-refractivity contribution in [2.24, 2.45) is 0 Å². The molecule has 0 aromatic heterocycles. The first-order valence-electron chi connectivity index (χ1n) is 11.4. The normalized spacial score (nSPS) is 20.5. The Hall–Kier alpha value is -3.83. The van der Waals surface area contributed by atoms with Gasteiger partial charge in [0, 0.05) is 39.6 Å². The Bertz CT molecular complexity index is 1140. The van der Waals surface area contributed by atoms with E-state index in [9.17, 15) is 32.3 Å². The van der Waals surface area contributed by atoms with E-state index in [0.29, 0.717) is 26.2 Å². The van der Waals surface area contributed by atoms with E-state index < -0.39 is 29.7 Å². The largest absolute Gasteiger partial charge is 0.416 e. The van der Waals surface area contributed by atoms with Gasteiger partial charge >= 0.3 is 12.2 Å². The Morgan fingerprint density at radius 3 is 2.36 bits per heavy atom. The number of hydrogen-bond acceptors (Lipinski definition) is 4. The number of piperazine rings is 1. The molecular weight excluding hydrogens is 479 g/mol. The number of hydrogen-bond donors (Lipinski definition) is 1. The van der Waals surface area contributed by atoms with Gasteiger partial charge in [-0.2, -0.15) is 13.2 Å². The molecule has 0 saturated carbocycles. The lowest BCUT2D eigenvalue weighted by Gasteiger charge is -2.35. The molecular formula is C24H26F3N5O4. The maximum Gasteiger partial charge on any atom is 0.416 e. The van der Waals surface area contributed by atoms with Crippen molar-refractivity contribution in [3.63, 3.8) is 0 Å². The molecule has 0 radical (unpaired) electrons. The minimum Gasteiger partial charge on any atom is -0.339 e. The Balaban J connectivity index is 1.61. The maximum atomic E-state index is 13.7. The first-order valence-corrected chi connectivity index (χ1v) is 11.4. The smallest absolute Gasteiger partial charge is 0.339 e. The average molecular weight is 505 g/mol. The van der Waals surface area contributed by atoms with Gasteiger partial charge in [0.15, 0.2) is 0 Å². The molecule has 1 fully saturated rings. The third-order valence-corrected chi connectivity index (χ3v) is 6.59. The summed E-state index contributed by atoms with van der Waals surface area (Å²) in [6.07, 6.45) is -3.25. The summed E-state index contributed by atoms with van der Waals surface area (Å²) in [5.41, 5.74) is -0.946. The summed E-state index contributed by atoms with van der Waals surface area (Å²) in [6.45, 7) is 6.11. The highest BCUT2D eigenvalue weighted by molar-refractivity contribution is 6.03. The van der Waals surface area contributed by atoms with Crippen LogP contribution in [0.15, 0.2) is 48.2 Å². The van der Waals surface area contributed by atoms with Crippen LogP contribution < -0.4 is 5.32 Å². The lowest BCUT2D eigenvalue weighted by molar-refractivity contribution is -0.141. The molecule has 9 nitrogen and oxygen atoms in total. The summed E-state index contributed by atoms with van der Waals surface area (Å²) < 4.78 is 41.2. The number of amides is 5. The summed E-state index contributed by atoms with van der Waals surface area (Å²) in [7, 11) is 0. The molecule has 1 saturated heterocycles. The molecule has 36 heavy (non-hydrogen) atoms. The number of alkyl halides is 3. The molecule has 1 N–H and O–H groups in total. The van der Waals surface area contributed by atoms with Crippen molar-refractivity contribution in [3.05, 3.63) is 59.3 Å². The lowest BCUT2D eigenvalue weighted by atomic mass is 9.91. The van der Waals surface area contributed by atoms with Crippen molar-refractivity contribution < 1.29 is 32.3 Å². The molecule has 1 atom stereocenters. The zero-order valence-corrected chi connectivity index (χ0v) is 19.7. The molecule has 0 aliphatic carbocycles. The number of halogens is 3. The zero-order chi connectivity index (χ0) is 26.2. The fourth-order valence-corrected chi connectivity index (χ4v) is 4.77. The molecule has 0 unspecified atom stereocenters. The van der Waals surface area contributed by atoms with Crippen LogP contribution in [0.5, 0.6) is 0 Å². The second-order valence-corrected chi connectivity index (χ2v) is 8.78. The van der Waals surface area contributed by atoms with E-state index in [2.05, 4.69) is 11.9 Å². The molecule has 1 aromatic carbocycles. The number of nitrogens with zero attached hydrogens (tertiary/aromatic N) is 4. The lowest BCUT2D eigenvalue weighted by Crippen LogP contribution is -2.52. The van der Waals surface area contributed by atoms with Crippen LogP contribution in [0.25, 0.3) is 0 Å². The summed E-state index contributed by atoms with van der Waals surface area (Å²) in [5.74, 6) is -1.04.